The van der Waals surface area contributed by atoms with Crippen molar-refractivity contribution in [1.82, 2.24) is 9.47 Å². The number of likely N-dealkylation sites (tertiary alicyclic amines) is 1. The molecule has 0 bridgehead atoms. The molecule has 5 nitrogen and oxygen atoms in total. The minimum atomic E-state index is -0.290. The number of piperidine rings is 1. The van der Waals surface area contributed by atoms with E-state index >= 15 is 0 Å². The topological polar surface area (TPSA) is 43.7 Å². The first kappa shape index (κ1) is 21.4. The molecule has 0 aliphatic carbocycles. The number of fused-ring (bicyclic) bond motifs is 1. The number of ether oxygens (including phenoxy) is 2. The third-order valence-corrected chi connectivity index (χ3v) is 6.25. The van der Waals surface area contributed by atoms with Crippen molar-refractivity contribution in [2.24, 2.45) is 13.0 Å². The fraction of sp³-hybridized carbons (Fsp3) is 0.423. The van der Waals surface area contributed by atoms with Crippen LogP contribution in [-0.2, 0) is 18.3 Å². The molecular formula is C26H32N2O3. The molecule has 0 radical (unpaired) electrons. The van der Waals surface area contributed by atoms with Gasteiger partial charge in [-0.2, -0.15) is 0 Å². The van der Waals surface area contributed by atoms with Crippen LogP contribution < -0.4 is 4.74 Å². The second-order valence-corrected chi connectivity index (χ2v) is 8.37. The highest BCUT2D eigenvalue weighted by Crippen LogP contribution is 2.26. The van der Waals surface area contributed by atoms with E-state index in [9.17, 15) is 4.79 Å². The van der Waals surface area contributed by atoms with Gasteiger partial charge in [0.05, 0.1) is 13.2 Å². The molecule has 1 aliphatic heterocycles. The van der Waals surface area contributed by atoms with Crippen LogP contribution in [0.2, 0.25) is 0 Å². The van der Waals surface area contributed by atoms with Gasteiger partial charge in [-0.25, -0.2) is 4.79 Å². The highest BCUT2D eigenvalue weighted by atomic mass is 16.5. The monoisotopic (exact) mass is 420 g/mol. The van der Waals surface area contributed by atoms with Crippen molar-refractivity contribution < 1.29 is 14.3 Å². The smallest absolute Gasteiger partial charge is 0.354 e. The van der Waals surface area contributed by atoms with Crippen LogP contribution in [0.15, 0.2) is 54.6 Å². The van der Waals surface area contributed by atoms with Crippen molar-refractivity contribution in [2.45, 2.75) is 32.7 Å². The van der Waals surface area contributed by atoms with Gasteiger partial charge in [0, 0.05) is 24.5 Å². The molecule has 5 heteroatoms. The van der Waals surface area contributed by atoms with Crippen molar-refractivity contribution in [3.05, 3.63) is 65.9 Å². The highest BCUT2D eigenvalue weighted by Gasteiger charge is 2.19. The largest absolute Gasteiger partial charge is 0.494 e. The zero-order valence-electron chi connectivity index (χ0n) is 18.5. The molecule has 0 atom stereocenters. The normalized spacial score (nSPS) is 15.3. The Kier molecular flexibility index (Phi) is 6.92. The van der Waals surface area contributed by atoms with E-state index in [0.717, 1.165) is 55.2 Å². The number of hydrogen-bond donors (Lipinski definition) is 0. The summed E-state index contributed by atoms with van der Waals surface area (Å²) in [5, 5.41) is 0.997. The summed E-state index contributed by atoms with van der Waals surface area (Å²) in [7, 11) is 1.89. The average Bonchev–Trinajstić information content (AvgIpc) is 3.12. The first-order valence-corrected chi connectivity index (χ1v) is 11.3. The summed E-state index contributed by atoms with van der Waals surface area (Å²) in [5.41, 5.74) is 2.96. The molecule has 31 heavy (non-hydrogen) atoms. The predicted octanol–water partition coefficient (Wildman–Crippen LogP) is 5.04. The Labute approximate surface area is 184 Å². The number of aryl methyl sites for hydroxylation is 1. The van der Waals surface area contributed by atoms with Gasteiger partial charge in [-0.05, 0) is 75.0 Å². The Morgan fingerprint density at radius 1 is 1.06 bits per heavy atom. The minimum absolute atomic E-state index is 0.290. The van der Waals surface area contributed by atoms with Crippen LogP contribution in [0.5, 0.6) is 5.75 Å². The van der Waals surface area contributed by atoms with E-state index in [2.05, 4.69) is 35.2 Å². The summed E-state index contributed by atoms with van der Waals surface area (Å²) in [6.07, 6.45) is 3.55. The molecule has 3 aromatic rings. The van der Waals surface area contributed by atoms with Gasteiger partial charge in [0.2, 0.25) is 0 Å². The van der Waals surface area contributed by atoms with Gasteiger partial charge in [0.25, 0.3) is 0 Å². The van der Waals surface area contributed by atoms with E-state index in [1.54, 1.807) is 0 Å². The van der Waals surface area contributed by atoms with Gasteiger partial charge < -0.3 is 14.0 Å². The van der Waals surface area contributed by atoms with Crippen LogP contribution >= 0.6 is 0 Å². The quantitative estimate of drug-likeness (QED) is 0.479. The SMILES string of the molecule is CCOC(=O)c1cc2cc(OCCC3CCN(Cc4ccccc4)CC3)ccc2n1C. The van der Waals surface area contributed by atoms with Crippen molar-refractivity contribution >= 4 is 16.9 Å². The van der Waals surface area contributed by atoms with Gasteiger partial charge in [-0.3, -0.25) is 4.90 Å². The molecule has 2 heterocycles. The van der Waals surface area contributed by atoms with E-state index < -0.39 is 0 Å². The molecule has 1 fully saturated rings. The molecule has 1 saturated heterocycles. The maximum absolute atomic E-state index is 12.1. The Morgan fingerprint density at radius 3 is 2.58 bits per heavy atom. The zero-order chi connectivity index (χ0) is 21.6. The summed E-state index contributed by atoms with van der Waals surface area (Å²) in [6, 6.07) is 18.6. The molecule has 0 amide bonds. The lowest BCUT2D eigenvalue weighted by Gasteiger charge is -2.32. The van der Waals surface area contributed by atoms with Gasteiger partial charge in [-0.1, -0.05) is 30.3 Å². The summed E-state index contributed by atoms with van der Waals surface area (Å²) in [6.45, 7) is 6.29. The lowest BCUT2D eigenvalue weighted by Crippen LogP contribution is -2.33. The first-order valence-electron chi connectivity index (χ1n) is 11.3. The average molecular weight is 421 g/mol. The van der Waals surface area contributed by atoms with Crippen LogP contribution in [0.25, 0.3) is 10.9 Å². The number of rotatable bonds is 8. The zero-order valence-corrected chi connectivity index (χ0v) is 18.5. The molecule has 0 N–H and O–H groups in total. The Morgan fingerprint density at radius 2 is 1.84 bits per heavy atom. The second kappa shape index (κ2) is 10.0. The van der Waals surface area contributed by atoms with Crippen molar-refractivity contribution in [3.63, 3.8) is 0 Å². The summed E-state index contributed by atoms with van der Waals surface area (Å²) < 4.78 is 13.1. The number of nitrogens with zero attached hydrogens (tertiary/aromatic N) is 2. The van der Waals surface area contributed by atoms with E-state index in [4.69, 9.17) is 9.47 Å². The maximum atomic E-state index is 12.1. The third kappa shape index (κ3) is 5.28. The Bertz CT molecular complexity index is 1000. The molecular weight excluding hydrogens is 388 g/mol. The molecule has 0 saturated carbocycles. The van der Waals surface area contributed by atoms with Crippen molar-refractivity contribution in [1.29, 1.82) is 0 Å². The van der Waals surface area contributed by atoms with Crippen molar-refractivity contribution in [2.75, 3.05) is 26.3 Å². The molecule has 2 aromatic carbocycles. The molecule has 0 unspecified atom stereocenters. The Hall–Kier alpha value is -2.79. The number of carbonyl (C=O) groups excluding carboxylic acids is 1. The fourth-order valence-corrected chi connectivity index (χ4v) is 4.44. The number of aromatic nitrogens is 1. The molecule has 0 spiro atoms. The van der Waals surface area contributed by atoms with Gasteiger partial charge in [0.15, 0.2) is 0 Å². The Balaban J connectivity index is 1.26. The van der Waals surface area contributed by atoms with E-state index in [1.807, 2.05) is 42.8 Å². The van der Waals surface area contributed by atoms with Gasteiger partial charge in [-0.15, -0.1) is 0 Å². The number of carbonyl (C=O) groups is 1. The molecule has 4 rings (SSSR count). The van der Waals surface area contributed by atoms with Gasteiger partial charge in [0.1, 0.15) is 11.4 Å². The van der Waals surface area contributed by atoms with E-state index in [-0.39, 0.29) is 5.97 Å². The lowest BCUT2D eigenvalue weighted by molar-refractivity contribution is 0.0516. The summed E-state index contributed by atoms with van der Waals surface area (Å²) in [4.78, 5) is 14.7. The van der Waals surface area contributed by atoms with Crippen LogP contribution in [-0.4, -0.2) is 41.7 Å². The fourth-order valence-electron chi connectivity index (χ4n) is 4.44. The van der Waals surface area contributed by atoms with Crippen LogP contribution in [0.4, 0.5) is 0 Å². The third-order valence-electron chi connectivity index (χ3n) is 6.25. The van der Waals surface area contributed by atoms with Crippen LogP contribution in [0.1, 0.15) is 42.2 Å². The molecule has 164 valence electrons. The number of esters is 1. The predicted molar refractivity (Wildman–Crippen MR) is 123 cm³/mol. The minimum Gasteiger partial charge on any atom is -0.494 e. The van der Waals surface area contributed by atoms with Crippen LogP contribution in [0, 0.1) is 5.92 Å². The number of hydrogen-bond acceptors (Lipinski definition) is 4. The van der Waals surface area contributed by atoms with E-state index in [0.29, 0.717) is 12.3 Å². The standard InChI is InChI=1S/C26H32N2O3/c1-3-30-26(29)25-18-22-17-23(9-10-24(22)27(25)2)31-16-13-20-11-14-28(15-12-20)19-21-7-5-4-6-8-21/h4-10,17-18,20H,3,11-16,19H2,1-2H3. The molecule has 1 aliphatic rings. The number of benzene rings is 2. The first-order chi connectivity index (χ1) is 15.1. The lowest BCUT2D eigenvalue weighted by atomic mass is 9.93. The maximum Gasteiger partial charge on any atom is 0.354 e. The molecule has 1 aromatic heterocycles. The van der Waals surface area contributed by atoms with Crippen molar-refractivity contribution in [3.8, 4) is 5.75 Å². The van der Waals surface area contributed by atoms with Gasteiger partial charge >= 0.3 is 5.97 Å². The summed E-state index contributed by atoms with van der Waals surface area (Å²) in [5.74, 6) is 1.29. The summed E-state index contributed by atoms with van der Waals surface area (Å²) >= 11 is 0. The second-order valence-electron chi connectivity index (χ2n) is 8.37. The van der Waals surface area contributed by atoms with E-state index in [1.165, 1.54) is 18.4 Å². The highest BCUT2D eigenvalue weighted by molar-refractivity contribution is 5.96. The van der Waals surface area contributed by atoms with Crippen LogP contribution in [0.3, 0.4) is 0 Å².